The van der Waals surface area contributed by atoms with Gasteiger partial charge in [-0.3, -0.25) is 9.97 Å². The van der Waals surface area contributed by atoms with Gasteiger partial charge >= 0.3 is 26.3 Å². The maximum absolute atomic E-state index is 13.6. The average Bonchev–Trinajstić information content (AvgIpc) is 2.85. The number of carbonyl (C=O) groups is 2. The monoisotopic (exact) mass is 729 g/mol. The van der Waals surface area contributed by atoms with Crippen molar-refractivity contribution in [3.05, 3.63) is 107 Å². The van der Waals surface area contributed by atoms with Crippen LogP contribution >= 0.6 is 0 Å². The van der Waals surface area contributed by atoms with Crippen molar-refractivity contribution in [1.82, 2.24) is 9.97 Å². The number of carbonyl (C=O) groups excluding carboxylic acids is 2. The summed E-state index contributed by atoms with van der Waals surface area (Å²) < 4.78 is 92.1. The van der Waals surface area contributed by atoms with Crippen molar-refractivity contribution in [2.75, 3.05) is 0 Å². The fraction of sp³-hybridized carbons (Fsp3) is 0.0400. The predicted molar refractivity (Wildman–Crippen MR) is 113 cm³/mol. The molecule has 6 nitrogen and oxygen atoms in total. The maximum atomic E-state index is 13.6. The summed E-state index contributed by atoms with van der Waals surface area (Å²) in [5.41, 5.74) is -4.93. The molecule has 2 aromatic carbocycles. The van der Waals surface area contributed by atoms with Crippen LogP contribution in [0.5, 0.6) is 0 Å². The van der Waals surface area contributed by atoms with E-state index < -0.39 is 69.5 Å². The molecule has 0 N–H and O–H groups in total. The SMILES string of the molecule is O=C([O-])c1nccc(-c2ccc(F)cc2F)c1C(F)(F)F.O=C([O-])c1ncccc1-c1cc(F)ccc1F.[Ir+3]. The van der Waals surface area contributed by atoms with Gasteiger partial charge in [-0.2, -0.15) is 13.2 Å². The molecule has 39 heavy (non-hydrogen) atoms. The van der Waals surface area contributed by atoms with Crippen LogP contribution < -0.4 is 10.2 Å². The normalized spacial score (nSPS) is 10.6. The standard InChI is InChI=1S/C13H6F5NO2.C12H7F2NO2.Ir/c14-6-1-2-7(9(15)5-6)8-3-4-19-11(12(20)21)10(8)13(16,17)18;13-7-3-4-10(14)9(6-7)8-2-1-5-15-11(8)12(16)17;/h1-5H,(H,20,21);1-6H,(H,16,17);/q;;+3/p-2. The van der Waals surface area contributed by atoms with E-state index in [0.29, 0.717) is 6.07 Å². The van der Waals surface area contributed by atoms with Gasteiger partial charge < -0.3 is 19.8 Å². The second-order valence-electron chi connectivity index (χ2n) is 7.30. The zero-order valence-electron chi connectivity index (χ0n) is 18.9. The van der Waals surface area contributed by atoms with Crippen LogP contribution in [0.1, 0.15) is 26.5 Å². The largest absolute Gasteiger partial charge is 3.00 e. The van der Waals surface area contributed by atoms with Crippen molar-refractivity contribution in [2.24, 2.45) is 0 Å². The number of aromatic nitrogens is 2. The van der Waals surface area contributed by atoms with E-state index in [1.165, 1.54) is 18.3 Å². The van der Waals surface area contributed by atoms with E-state index >= 15 is 0 Å². The second kappa shape index (κ2) is 12.6. The Bertz CT molecular complexity index is 1530. The fourth-order valence-corrected chi connectivity index (χ4v) is 3.33. The summed E-state index contributed by atoms with van der Waals surface area (Å²) in [5, 5.41) is 21.6. The van der Waals surface area contributed by atoms with Gasteiger partial charge in [-0.25, -0.2) is 17.6 Å². The van der Waals surface area contributed by atoms with E-state index in [1.807, 2.05) is 0 Å². The molecular formula is C25H11F7IrN2O4+. The Kier molecular flexibility index (Phi) is 10.0. The van der Waals surface area contributed by atoms with Gasteiger partial charge in [0.1, 0.15) is 23.3 Å². The van der Waals surface area contributed by atoms with Crippen molar-refractivity contribution >= 4 is 11.9 Å². The zero-order chi connectivity index (χ0) is 28.2. The van der Waals surface area contributed by atoms with Crippen molar-refractivity contribution in [1.29, 1.82) is 0 Å². The Morgan fingerprint density at radius 1 is 0.641 bits per heavy atom. The van der Waals surface area contributed by atoms with Crippen molar-refractivity contribution < 1.29 is 70.6 Å². The van der Waals surface area contributed by atoms with Crippen LogP contribution in [-0.4, -0.2) is 21.9 Å². The van der Waals surface area contributed by atoms with Crippen molar-refractivity contribution in [3.63, 3.8) is 0 Å². The summed E-state index contributed by atoms with van der Waals surface area (Å²) in [5.74, 6) is -7.29. The number of rotatable bonds is 4. The van der Waals surface area contributed by atoms with Gasteiger partial charge in [0.15, 0.2) is 0 Å². The van der Waals surface area contributed by atoms with E-state index in [2.05, 4.69) is 9.97 Å². The van der Waals surface area contributed by atoms with Crippen molar-refractivity contribution in [3.8, 4) is 22.3 Å². The molecule has 0 aliphatic heterocycles. The van der Waals surface area contributed by atoms with Crippen LogP contribution in [0.15, 0.2) is 67.0 Å². The van der Waals surface area contributed by atoms with Gasteiger partial charge in [0, 0.05) is 40.7 Å². The molecule has 0 amide bonds. The third-order valence-corrected chi connectivity index (χ3v) is 4.87. The van der Waals surface area contributed by atoms with Gasteiger partial charge in [0.25, 0.3) is 0 Å². The number of alkyl halides is 3. The summed E-state index contributed by atoms with van der Waals surface area (Å²) in [7, 11) is 0. The molecule has 0 aliphatic rings. The number of carboxylic acids is 2. The zero-order valence-corrected chi connectivity index (χ0v) is 21.3. The number of carboxylic acid groups (broad SMARTS) is 2. The molecule has 2 aromatic heterocycles. The first-order valence-electron chi connectivity index (χ1n) is 10.2. The Morgan fingerprint density at radius 3 is 1.82 bits per heavy atom. The number of hydrogen-bond donors (Lipinski definition) is 0. The Morgan fingerprint density at radius 2 is 1.23 bits per heavy atom. The molecule has 4 aromatic rings. The van der Waals surface area contributed by atoms with Crippen LogP contribution in [0.25, 0.3) is 22.3 Å². The van der Waals surface area contributed by atoms with E-state index in [0.717, 1.165) is 42.6 Å². The predicted octanol–water partition coefficient (Wildman–Crippen LogP) is 3.80. The summed E-state index contributed by atoms with van der Waals surface area (Å²) in [6.45, 7) is 0. The molecule has 14 heteroatoms. The Hall–Kier alpha value is -4.16. The van der Waals surface area contributed by atoms with Gasteiger partial charge in [0.2, 0.25) is 0 Å². The van der Waals surface area contributed by atoms with E-state index in [1.54, 1.807) is 0 Å². The third-order valence-electron chi connectivity index (χ3n) is 4.87. The first-order valence-corrected chi connectivity index (χ1v) is 10.2. The molecular weight excluding hydrogens is 717 g/mol. The van der Waals surface area contributed by atoms with Crippen LogP contribution in [-0.2, 0) is 26.3 Å². The molecule has 0 saturated heterocycles. The topological polar surface area (TPSA) is 106 Å². The molecule has 0 unspecified atom stereocenters. The number of pyridine rings is 2. The number of halogens is 7. The second-order valence-corrected chi connectivity index (χ2v) is 7.30. The van der Waals surface area contributed by atoms with Gasteiger partial charge in [-0.15, -0.1) is 0 Å². The summed E-state index contributed by atoms with van der Waals surface area (Å²) >= 11 is 0. The molecule has 0 saturated carbocycles. The maximum Gasteiger partial charge on any atom is 3.00 e. The molecule has 4 rings (SSSR count). The number of hydrogen-bond acceptors (Lipinski definition) is 6. The molecule has 202 valence electrons. The molecule has 0 spiro atoms. The van der Waals surface area contributed by atoms with Gasteiger partial charge in [0.05, 0.1) is 28.9 Å². The summed E-state index contributed by atoms with van der Waals surface area (Å²) in [6.07, 6.45) is -3.08. The van der Waals surface area contributed by atoms with Gasteiger partial charge in [-0.1, -0.05) is 6.07 Å². The van der Waals surface area contributed by atoms with Crippen LogP contribution in [0.2, 0.25) is 0 Å². The van der Waals surface area contributed by atoms with Crippen LogP contribution in [0.3, 0.4) is 0 Å². The molecule has 2 heterocycles. The van der Waals surface area contributed by atoms with E-state index in [9.17, 15) is 50.5 Å². The van der Waals surface area contributed by atoms with Crippen LogP contribution in [0, 0.1) is 23.3 Å². The fourth-order valence-electron chi connectivity index (χ4n) is 3.33. The summed E-state index contributed by atoms with van der Waals surface area (Å²) in [4.78, 5) is 28.2. The molecule has 0 bridgehead atoms. The molecule has 0 fully saturated rings. The number of aromatic carboxylic acids is 2. The Balaban J connectivity index is 0.000000272. The van der Waals surface area contributed by atoms with Crippen LogP contribution in [0.4, 0.5) is 30.7 Å². The molecule has 0 radical (unpaired) electrons. The number of nitrogens with zero attached hydrogens (tertiary/aromatic N) is 2. The smallest absolute Gasteiger partial charge is 0.543 e. The average molecular weight is 729 g/mol. The minimum atomic E-state index is -5.10. The van der Waals surface area contributed by atoms with E-state index in [-0.39, 0.29) is 31.2 Å². The third kappa shape index (κ3) is 7.24. The minimum Gasteiger partial charge on any atom is -0.543 e. The molecule has 0 aliphatic carbocycles. The Labute approximate surface area is 228 Å². The van der Waals surface area contributed by atoms with Gasteiger partial charge in [-0.05, 0) is 42.5 Å². The quantitative estimate of drug-likeness (QED) is 0.297. The first-order chi connectivity index (χ1) is 17.8. The van der Waals surface area contributed by atoms with Crippen molar-refractivity contribution in [2.45, 2.75) is 6.18 Å². The minimum absolute atomic E-state index is 0. The number of benzene rings is 2. The first kappa shape index (κ1) is 31.1. The molecule has 0 atom stereocenters. The summed E-state index contributed by atoms with van der Waals surface area (Å²) in [6, 6.07) is 8.32. The van der Waals surface area contributed by atoms with E-state index in [4.69, 9.17) is 0 Å².